The summed E-state index contributed by atoms with van der Waals surface area (Å²) in [5.74, 6) is 0. The largest absolute Gasteiger partial charge is 0.377 e. The zero-order chi connectivity index (χ0) is 6.41. The molecule has 1 unspecified atom stereocenters. The number of nitrogens with one attached hydrogen (secondary N) is 1. The van der Waals surface area contributed by atoms with E-state index in [1.165, 1.54) is 0 Å². The molecule has 47 valence electrons. The van der Waals surface area contributed by atoms with Crippen molar-refractivity contribution in [2.24, 2.45) is 0 Å². The lowest BCUT2D eigenvalue weighted by Crippen LogP contribution is -2.08. The van der Waals surface area contributed by atoms with E-state index in [0.717, 1.165) is 6.42 Å². The average molecular weight is 114 g/mol. The Hall–Kier alpha value is -0.340. The third-order valence-corrected chi connectivity index (χ3v) is 0.994. The average Bonchev–Trinajstić information content (AvgIpc) is 1.83. The summed E-state index contributed by atoms with van der Waals surface area (Å²) < 4.78 is 4.90. The van der Waals surface area contributed by atoms with Crippen LogP contribution in [0.5, 0.6) is 0 Å². The quantitative estimate of drug-likeness (QED) is 0.499. The zero-order valence-corrected chi connectivity index (χ0v) is 5.18. The molecule has 0 rings (SSSR count). The first-order valence-corrected chi connectivity index (χ1v) is 2.65. The molecule has 0 aliphatic rings. The van der Waals surface area contributed by atoms with Gasteiger partial charge >= 0.3 is 0 Å². The lowest BCUT2D eigenvalue weighted by Gasteiger charge is -2.05. The maximum atomic E-state index is 6.81. The zero-order valence-electron chi connectivity index (χ0n) is 5.18. The Bertz CT molecular complexity index is 63.5. The second-order valence-electron chi connectivity index (χ2n) is 1.55. The first kappa shape index (κ1) is 7.66. The van der Waals surface area contributed by atoms with Crippen LogP contribution in [0.4, 0.5) is 0 Å². The molecule has 0 spiro atoms. The van der Waals surface area contributed by atoms with Gasteiger partial charge in [-0.3, -0.25) is 5.73 Å². The fourth-order valence-electron chi connectivity index (χ4n) is 0.474. The van der Waals surface area contributed by atoms with Gasteiger partial charge in [0, 0.05) is 13.7 Å². The molecule has 0 aliphatic heterocycles. The SMILES string of the molecule is C=CC(CC[NH])OC. The van der Waals surface area contributed by atoms with E-state index in [0.29, 0.717) is 6.54 Å². The van der Waals surface area contributed by atoms with Crippen LogP contribution in [0.15, 0.2) is 12.7 Å². The molecular formula is C6H12NO. The summed E-state index contributed by atoms with van der Waals surface area (Å²) in [5, 5.41) is 0. The number of methoxy groups -OCH3 is 1. The number of rotatable bonds is 4. The van der Waals surface area contributed by atoms with E-state index in [1.807, 2.05) is 0 Å². The standard InChI is InChI=1S/C6H12NO/c1-3-6(8-2)4-5-7/h3,6-7H,1,4-5H2,2H3. The van der Waals surface area contributed by atoms with Gasteiger partial charge in [0.2, 0.25) is 0 Å². The molecule has 8 heavy (non-hydrogen) atoms. The summed E-state index contributed by atoms with van der Waals surface area (Å²) in [5.41, 5.74) is 6.81. The molecule has 0 aromatic heterocycles. The van der Waals surface area contributed by atoms with Gasteiger partial charge in [-0.1, -0.05) is 6.08 Å². The lowest BCUT2D eigenvalue weighted by atomic mass is 10.2. The van der Waals surface area contributed by atoms with E-state index in [1.54, 1.807) is 13.2 Å². The Kier molecular flexibility index (Phi) is 4.61. The lowest BCUT2D eigenvalue weighted by molar-refractivity contribution is 0.135. The molecule has 1 radical (unpaired) electrons. The van der Waals surface area contributed by atoms with Crippen LogP contribution in [0.25, 0.3) is 0 Å². The van der Waals surface area contributed by atoms with Crippen LogP contribution in [0.1, 0.15) is 6.42 Å². The summed E-state index contributed by atoms with van der Waals surface area (Å²) >= 11 is 0. The van der Waals surface area contributed by atoms with Crippen molar-refractivity contribution >= 4 is 0 Å². The van der Waals surface area contributed by atoms with Crippen molar-refractivity contribution in [3.63, 3.8) is 0 Å². The Morgan fingerprint density at radius 1 is 1.88 bits per heavy atom. The van der Waals surface area contributed by atoms with Gasteiger partial charge in [0.25, 0.3) is 0 Å². The molecule has 0 aromatic rings. The summed E-state index contributed by atoms with van der Waals surface area (Å²) in [6.07, 6.45) is 2.54. The summed E-state index contributed by atoms with van der Waals surface area (Å²) in [6, 6.07) is 0. The molecule has 0 heterocycles. The molecule has 0 fully saturated rings. The Labute approximate surface area is 50.3 Å². The van der Waals surface area contributed by atoms with Gasteiger partial charge in [-0.25, -0.2) is 0 Å². The third-order valence-electron chi connectivity index (χ3n) is 0.994. The van der Waals surface area contributed by atoms with E-state index in [-0.39, 0.29) is 6.10 Å². The summed E-state index contributed by atoms with van der Waals surface area (Å²) in [6.45, 7) is 3.95. The Morgan fingerprint density at radius 3 is 2.62 bits per heavy atom. The molecule has 0 aliphatic carbocycles. The van der Waals surface area contributed by atoms with Crippen molar-refractivity contribution in [3.8, 4) is 0 Å². The van der Waals surface area contributed by atoms with Crippen molar-refractivity contribution in [2.75, 3.05) is 13.7 Å². The van der Waals surface area contributed by atoms with Crippen LogP contribution in [0.3, 0.4) is 0 Å². The van der Waals surface area contributed by atoms with Gasteiger partial charge in [0.15, 0.2) is 0 Å². The third kappa shape index (κ3) is 2.77. The minimum atomic E-state index is 0.0764. The molecule has 1 N–H and O–H groups in total. The molecule has 2 nitrogen and oxygen atoms in total. The molecule has 0 bridgehead atoms. The molecular weight excluding hydrogens is 102 g/mol. The van der Waals surface area contributed by atoms with E-state index in [9.17, 15) is 0 Å². The highest BCUT2D eigenvalue weighted by Gasteiger charge is 1.96. The smallest absolute Gasteiger partial charge is 0.0762 e. The van der Waals surface area contributed by atoms with E-state index >= 15 is 0 Å². The minimum Gasteiger partial charge on any atom is -0.377 e. The van der Waals surface area contributed by atoms with Gasteiger partial charge in [0.05, 0.1) is 6.10 Å². The number of ether oxygens (including phenoxy) is 1. The Balaban J connectivity index is 3.21. The maximum absolute atomic E-state index is 6.81. The van der Waals surface area contributed by atoms with Gasteiger partial charge in [-0.2, -0.15) is 0 Å². The van der Waals surface area contributed by atoms with E-state index < -0.39 is 0 Å². The molecule has 1 atom stereocenters. The first-order chi connectivity index (χ1) is 3.85. The molecule has 0 saturated heterocycles. The predicted octanol–water partition coefficient (Wildman–Crippen LogP) is 0.860. The molecule has 2 heteroatoms. The van der Waals surface area contributed by atoms with Crippen molar-refractivity contribution in [2.45, 2.75) is 12.5 Å². The number of hydrogen-bond acceptors (Lipinski definition) is 1. The van der Waals surface area contributed by atoms with Crippen LogP contribution in [0.2, 0.25) is 0 Å². The first-order valence-electron chi connectivity index (χ1n) is 2.65. The van der Waals surface area contributed by atoms with Crippen molar-refractivity contribution in [1.82, 2.24) is 5.73 Å². The van der Waals surface area contributed by atoms with Crippen LogP contribution in [-0.4, -0.2) is 19.8 Å². The predicted molar refractivity (Wildman–Crippen MR) is 33.6 cm³/mol. The van der Waals surface area contributed by atoms with E-state index in [4.69, 9.17) is 10.5 Å². The fraction of sp³-hybridized carbons (Fsp3) is 0.667. The maximum Gasteiger partial charge on any atom is 0.0762 e. The van der Waals surface area contributed by atoms with Gasteiger partial charge in [-0.05, 0) is 6.42 Å². The summed E-state index contributed by atoms with van der Waals surface area (Å²) in [4.78, 5) is 0. The van der Waals surface area contributed by atoms with Crippen LogP contribution < -0.4 is 5.73 Å². The van der Waals surface area contributed by atoms with Crippen molar-refractivity contribution < 1.29 is 4.74 Å². The second kappa shape index (κ2) is 4.81. The van der Waals surface area contributed by atoms with Crippen molar-refractivity contribution in [1.29, 1.82) is 0 Å². The second-order valence-corrected chi connectivity index (χ2v) is 1.55. The van der Waals surface area contributed by atoms with Crippen LogP contribution in [0, 0.1) is 0 Å². The van der Waals surface area contributed by atoms with Crippen LogP contribution >= 0.6 is 0 Å². The van der Waals surface area contributed by atoms with Crippen molar-refractivity contribution in [3.05, 3.63) is 12.7 Å². The molecule has 0 aromatic carbocycles. The highest BCUT2D eigenvalue weighted by molar-refractivity contribution is 4.79. The minimum absolute atomic E-state index is 0.0764. The Morgan fingerprint density at radius 2 is 2.50 bits per heavy atom. The van der Waals surface area contributed by atoms with E-state index in [2.05, 4.69) is 6.58 Å². The van der Waals surface area contributed by atoms with Gasteiger partial charge in [0.1, 0.15) is 0 Å². The van der Waals surface area contributed by atoms with Gasteiger partial charge < -0.3 is 4.74 Å². The topological polar surface area (TPSA) is 33.0 Å². The van der Waals surface area contributed by atoms with Gasteiger partial charge in [-0.15, -0.1) is 6.58 Å². The molecule has 0 saturated carbocycles. The number of hydrogen-bond donors (Lipinski definition) is 0. The highest BCUT2D eigenvalue weighted by Crippen LogP contribution is 1.94. The normalized spacial score (nSPS) is 13.2. The monoisotopic (exact) mass is 114 g/mol. The fourth-order valence-corrected chi connectivity index (χ4v) is 0.474. The van der Waals surface area contributed by atoms with Crippen LogP contribution in [-0.2, 0) is 4.74 Å². The highest BCUT2D eigenvalue weighted by atomic mass is 16.5. The molecule has 0 amide bonds. The summed E-state index contributed by atoms with van der Waals surface area (Å²) in [7, 11) is 1.63.